The van der Waals surface area contributed by atoms with Crippen LogP contribution in [0.2, 0.25) is 0 Å². The van der Waals surface area contributed by atoms with Gasteiger partial charge in [-0.1, -0.05) is 18.2 Å². The van der Waals surface area contributed by atoms with Gasteiger partial charge in [-0.15, -0.1) is 0 Å². The number of hydrogen-bond acceptors (Lipinski definition) is 5. The number of para-hydroxylation sites is 2. The molecule has 0 aliphatic heterocycles. The number of aromatic nitrogens is 3. The Morgan fingerprint density at radius 3 is 2.44 bits per heavy atom. The molecule has 2 aromatic heterocycles. The van der Waals surface area contributed by atoms with Crippen LogP contribution in [0.15, 0.2) is 58.1 Å². The Morgan fingerprint density at radius 1 is 1.07 bits per heavy atom. The third kappa shape index (κ3) is 3.54. The van der Waals surface area contributed by atoms with Crippen molar-refractivity contribution in [1.82, 2.24) is 14.1 Å². The second kappa shape index (κ2) is 6.63. The van der Waals surface area contributed by atoms with Crippen LogP contribution >= 0.6 is 0 Å². The van der Waals surface area contributed by atoms with Gasteiger partial charge in [-0.2, -0.15) is 18.2 Å². The highest BCUT2D eigenvalue weighted by Crippen LogP contribution is 2.29. The van der Waals surface area contributed by atoms with Crippen LogP contribution in [-0.2, 0) is 13.2 Å². The molecule has 3 aromatic rings. The molecule has 0 unspecified atom stereocenters. The molecule has 0 spiro atoms. The predicted octanol–water partition coefficient (Wildman–Crippen LogP) is 2.45. The second-order valence-corrected chi connectivity index (χ2v) is 5.45. The van der Waals surface area contributed by atoms with Crippen LogP contribution < -0.4 is 16.0 Å². The van der Waals surface area contributed by atoms with Gasteiger partial charge in [-0.3, -0.25) is 9.36 Å². The van der Waals surface area contributed by atoms with Gasteiger partial charge in [-0.05, 0) is 18.2 Å². The SMILES string of the molecule is Cn1c(C(F)(F)F)cc(=O)n(-c2cccc(Oc3ccccc3O)n2)c1=O. The van der Waals surface area contributed by atoms with E-state index in [1.165, 1.54) is 30.3 Å². The summed E-state index contributed by atoms with van der Waals surface area (Å²) >= 11 is 0. The Morgan fingerprint density at radius 2 is 1.78 bits per heavy atom. The van der Waals surface area contributed by atoms with Gasteiger partial charge in [0, 0.05) is 19.2 Å². The van der Waals surface area contributed by atoms with E-state index in [9.17, 15) is 27.9 Å². The van der Waals surface area contributed by atoms with Crippen LogP contribution in [0.5, 0.6) is 17.4 Å². The quantitative estimate of drug-likeness (QED) is 0.756. The van der Waals surface area contributed by atoms with Crippen molar-refractivity contribution in [3.8, 4) is 23.2 Å². The fraction of sp³-hybridized carbons (Fsp3) is 0.118. The van der Waals surface area contributed by atoms with Crippen molar-refractivity contribution in [1.29, 1.82) is 0 Å². The molecule has 2 heterocycles. The molecule has 10 heteroatoms. The lowest BCUT2D eigenvalue weighted by Crippen LogP contribution is -2.41. The zero-order valence-electron chi connectivity index (χ0n) is 13.8. The van der Waals surface area contributed by atoms with Gasteiger partial charge in [0.1, 0.15) is 11.5 Å². The van der Waals surface area contributed by atoms with Gasteiger partial charge >= 0.3 is 11.9 Å². The van der Waals surface area contributed by atoms with E-state index in [-0.39, 0.29) is 23.2 Å². The first-order chi connectivity index (χ1) is 12.7. The summed E-state index contributed by atoms with van der Waals surface area (Å²) in [6, 6.07) is 10.4. The third-order valence-corrected chi connectivity index (χ3v) is 3.63. The number of alkyl halides is 3. The number of phenolic OH excluding ortho intramolecular Hbond substituents is 1. The number of rotatable bonds is 3. The van der Waals surface area contributed by atoms with Gasteiger partial charge in [0.05, 0.1) is 0 Å². The molecule has 1 aromatic carbocycles. The minimum Gasteiger partial charge on any atom is -0.504 e. The van der Waals surface area contributed by atoms with Gasteiger partial charge < -0.3 is 9.84 Å². The molecular weight excluding hydrogens is 367 g/mol. The summed E-state index contributed by atoms with van der Waals surface area (Å²) in [6.07, 6.45) is -4.85. The number of pyridine rings is 1. The van der Waals surface area contributed by atoms with Crippen LogP contribution in [0.4, 0.5) is 13.2 Å². The fourth-order valence-corrected chi connectivity index (χ4v) is 2.35. The second-order valence-electron chi connectivity index (χ2n) is 5.45. The summed E-state index contributed by atoms with van der Waals surface area (Å²) in [7, 11) is 0.906. The van der Waals surface area contributed by atoms with Crippen molar-refractivity contribution in [2.45, 2.75) is 6.18 Å². The van der Waals surface area contributed by atoms with Crippen molar-refractivity contribution in [2.75, 3.05) is 0 Å². The maximum atomic E-state index is 12.9. The van der Waals surface area contributed by atoms with Crippen molar-refractivity contribution >= 4 is 0 Å². The number of nitrogens with zero attached hydrogens (tertiary/aromatic N) is 3. The lowest BCUT2D eigenvalue weighted by Gasteiger charge is -2.14. The zero-order chi connectivity index (χ0) is 19.8. The van der Waals surface area contributed by atoms with Gasteiger partial charge in [0.25, 0.3) is 5.56 Å². The number of phenols is 1. The Balaban J connectivity index is 2.08. The monoisotopic (exact) mass is 379 g/mol. The molecule has 140 valence electrons. The smallest absolute Gasteiger partial charge is 0.431 e. The first kappa shape index (κ1) is 18.2. The average molecular weight is 379 g/mol. The predicted molar refractivity (Wildman–Crippen MR) is 88.3 cm³/mol. The van der Waals surface area contributed by atoms with Crippen LogP contribution in [0, 0.1) is 0 Å². The van der Waals surface area contributed by atoms with E-state index < -0.39 is 23.1 Å². The van der Waals surface area contributed by atoms with E-state index in [0.717, 1.165) is 7.05 Å². The zero-order valence-corrected chi connectivity index (χ0v) is 13.8. The highest BCUT2D eigenvalue weighted by Gasteiger charge is 2.35. The highest BCUT2D eigenvalue weighted by molar-refractivity contribution is 5.41. The molecule has 0 amide bonds. The molecule has 0 saturated heterocycles. The van der Waals surface area contributed by atoms with Crippen LogP contribution in [0.25, 0.3) is 5.82 Å². The van der Waals surface area contributed by atoms with Gasteiger partial charge in [0.15, 0.2) is 11.5 Å². The van der Waals surface area contributed by atoms with Crippen LogP contribution in [0.1, 0.15) is 5.69 Å². The third-order valence-electron chi connectivity index (χ3n) is 3.63. The number of ether oxygens (including phenoxy) is 1. The molecule has 0 aliphatic carbocycles. The number of halogens is 3. The lowest BCUT2D eigenvalue weighted by molar-refractivity contribution is -0.144. The van der Waals surface area contributed by atoms with Crippen molar-refractivity contribution < 1.29 is 23.0 Å². The molecule has 27 heavy (non-hydrogen) atoms. The van der Waals surface area contributed by atoms with E-state index in [2.05, 4.69) is 4.98 Å². The van der Waals surface area contributed by atoms with Gasteiger partial charge in [-0.25, -0.2) is 9.36 Å². The molecule has 0 saturated carbocycles. The first-order valence-corrected chi connectivity index (χ1v) is 7.52. The van der Waals surface area contributed by atoms with E-state index in [0.29, 0.717) is 15.2 Å². The molecule has 0 fully saturated rings. The minimum atomic E-state index is -4.85. The highest BCUT2D eigenvalue weighted by atomic mass is 19.4. The molecule has 1 N–H and O–H groups in total. The maximum absolute atomic E-state index is 12.9. The van der Waals surface area contributed by atoms with Crippen LogP contribution in [0.3, 0.4) is 0 Å². The number of aromatic hydroxyl groups is 1. The summed E-state index contributed by atoms with van der Waals surface area (Å²) < 4.78 is 45.0. The largest absolute Gasteiger partial charge is 0.504 e. The topological polar surface area (TPSA) is 86.3 Å². The summed E-state index contributed by atoms with van der Waals surface area (Å²) in [6.45, 7) is 0. The number of benzene rings is 1. The molecule has 0 aliphatic rings. The molecule has 0 bridgehead atoms. The maximum Gasteiger partial charge on any atom is 0.431 e. The Bertz CT molecular complexity index is 1120. The van der Waals surface area contributed by atoms with Crippen molar-refractivity contribution in [2.24, 2.45) is 7.05 Å². The van der Waals surface area contributed by atoms with Crippen LogP contribution in [-0.4, -0.2) is 19.2 Å². The fourth-order valence-electron chi connectivity index (χ4n) is 2.35. The normalized spacial score (nSPS) is 11.4. The Kier molecular flexibility index (Phi) is 4.48. The Hall–Kier alpha value is -3.56. The standard InChI is InChI=1S/C17H12F3N3O4/c1-22-12(17(18,19)20)9-15(25)23(16(22)26)13-7-4-8-14(21-13)27-11-6-3-2-5-10(11)24/h2-9,24H,1H3. The minimum absolute atomic E-state index is 0.0668. The summed E-state index contributed by atoms with van der Waals surface area (Å²) in [5.41, 5.74) is -3.75. The molecule has 7 nitrogen and oxygen atoms in total. The Labute approximate surface area is 149 Å². The van der Waals surface area contributed by atoms with E-state index in [4.69, 9.17) is 4.74 Å². The first-order valence-electron chi connectivity index (χ1n) is 7.52. The summed E-state index contributed by atoms with van der Waals surface area (Å²) in [4.78, 5) is 28.4. The lowest BCUT2D eigenvalue weighted by atomic mass is 10.3. The molecule has 0 atom stereocenters. The van der Waals surface area contributed by atoms with Crippen molar-refractivity contribution in [3.05, 3.63) is 75.1 Å². The molecule has 3 rings (SSSR count). The number of hydrogen-bond donors (Lipinski definition) is 1. The summed E-state index contributed by atoms with van der Waals surface area (Å²) in [5, 5.41) is 9.72. The van der Waals surface area contributed by atoms with Gasteiger partial charge in [0.2, 0.25) is 5.88 Å². The van der Waals surface area contributed by atoms with E-state index in [1.54, 1.807) is 12.1 Å². The molecular formula is C17H12F3N3O4. The van der Waals surface area contributed by atoms with E-state index >= 15 is 0 Å². The molecule has 0 radical (unpaired) electrons. The average Bonchev–Trinajstić information content (AvgIpc) is 2.60. The van der Waals surface area contributed by atoms with E-state index in [1.807, 2.05) is 0 Å². The van der Waals surface area contributed by atoms with Crippen molar-refractivity contribution in [3.63, 3.8) is 0 Å². The summed E-state index contributed by atoms with van der Waals surface area (Å²) in [5.74, 6) is -0.368.